The Hall–Kier alpha value is -0.0800. The number of piperidine rings is 1. The van der Waals surface area contributed by atoms with Gasteiger partial charge in [-0.15, -0.1) is 0 Å². The Kier molecular flexibility index (Phi) is 3.96. The summed E-state index contributed by atoms with van der Waals surface area (Å²) in [5.74, 6) is 0.895. The molecule has 0 bridgehead atoms. The van der Waals surface area contributed by atoms with E-state index in [4.69, 9.17) is 5.73 Å². The van der Waals surface area contributed by atoms with Gasteiger partial charge in [0.05, 0.1) is 0 Å². The number of hydrogen-bond acceptors (Lipinski definition) is 2. The summed E-state index contributed by atoms with van der Waals surface area (Å²) in [4.78, 5) is 2.51. The largest absolute Gasteiger partial charge is 0.327 e. The van der Waals surface area contributed by atoms with Gasteiger partial charge in [0.2, 0.25) is 0 Å². The van der Waals surface area contributed by atoms with Crippen molar-refractivity contribution >= 4 is 0 Å². The predicted molar refractivity (Wildman–Crippen MR) is 62.3 cm³/mol. The van der Waals surface area contributed by atoms with Crippen molar-refractivity contribution in [2.45, 2.75) is 46.6 Å². The summed E-state index contributed by atoms with van der Waals surface area (Å²) in [6.07, 6.45) is 2.69. The quantitative estimate of drug-likeness (QED) is 0.736. The molecule has 1 rings (SSSR count). The van der Waals surface area contributed by atoms with Crippen LogP contribution in [0.5, 0.6) is 0 Å². The van der Waals surface area contributed by atoms with Crippen LogP contribution in [-0.4, -0.2) is 30.6 Å². The van der Waals surface area contributed by atoms with Crippen molar-refractivity contribution in [1.82, 2.24) is 4.90 Å². The Morgan fingerprint density at radius 1 is 1.29 bits per heavy atom. The van der Waals surface area contributed by atoms with Gasteiger partial charge in [-0.3, -0.25) is 0 Å². The minimum Gasteiger partial charge on any atom is -0.327 e. The lowest BCUT2D eigenvalue weighted by Gasteiger charge is -2.39. The summed E-state index contributed by atoms with van der Waals surface area (Å²) in [6, 6.07) is 0.321. The van der Waals surface area contributed by atoms with Crippen LogP contribution in [0.25, 0.3) is 0 Å². The maximum atomic E-state index is 5.80. The highest BCUT2D eigenvalue weighted by molar-refractivity contribution is 4.81. The molecule has 0 aliphatic carbocycles. The Bertz CT molecular complexity index is 162. The van der Waals surface area contributed by atoms with E-state index in [9.17, 15) is 0 Å². The van der Waals surface area contributed by atoms with Crippen molar-refractivity contribution in [3.63, 3.8) is 0 Å². The van der Waals surface area contributed by atoms with E-state index in [2.05, 4.69) is 32.6 Å². The molecule has 1 saturated heterocycles. The van der Waals surface area contributed by atoms with Crippen molar-refractivity contribution in [1.29, 1.82) is 0 Å². The molecule has 84 valence electrons. The zero-order valence-corrected chi connectivity index (χ0v) is 10.2. The summed E-state index contributed by atoms with van der Waals surface area (Å²) < 4.78 is 0. The van der Waals surface area contributed by atoms with E-state index < -0.39 is 0 Å². The molecule has 1 fully saturated rings. The van der Waals surface area contributed by atoms with E-state index in [0.717, 1.165) is 12.5 Å². The molecule has 2 N–H and O–H groups in total. The topological polar surface area (TPSA) is 29.3 Å². The molecule has 0 radical (unpaired) electrons. The van der Waals surface area contributed by atoms with Crippen LogP contribution in [0.3, 0.4) is 0 Å². The first-order valence-corrected chi connectivity index (χ1v) is 5.87. The molecule has 1 heterocycles. The molecule has 0 aromatic heterocycles. The highest BCUT2D eigenvalue weighted by Crippen LogP contribution is 2.34. The fraction of sp³-hybridized carbons (Fsp3) is 1.00. The lowest BCUT2D eigenvalue weighted by molar-refractivity contribution is 0.109. The zero-order valence-electron chi connectivity index (χ0n) is 10.2. The third-order valence-electron chi connectivity index (χ3n) is 3.36. The molecule has 1 atom stereocenters. The molecule has 0 aromatic rings. The Balaban J connectivity index is 2.31. The first-order chi connectivity index (χ1) is 6.39. The highest BCUT2D eigenvalue weighted by Gasteiger charge is 2.28. The van der Waals surface area contributed by atoms with Crippen molar-refractivity contribution in [3.8, 4) is 0 Å². The molecule has 2 heteroatoms. The molecule has 1 aliphatic heterocycles. The summed E-state index contributed by atoms with van der Waals surface area (Å²) in [7, 11) is 0. The second kappa shape index (κ2) is 4.63. The van der Waals surface area contributed by atoms with Gasteiger partial charge in [0.15, 0.2) is 0 Å². The van der Waals surface area contributed by atoms with Crippen molar-refractivity contribution in [3.05, 3.63) is 0 Å². The van der Waals surface area contributed by atoms with Crippen LogP contribution in [0.4, 0.5) is 0 Å². The highest BCUT2D eigenvalue weighted by atomic mass is 15.1. The van der Waals surface area contributed by atoms with Gasteiger partial charge in [-0.05, 0) is 44.2 Å². The molecule has 1 aliphatic rings. The van der Waals surface area contributed by atoms with Gasteiger partial charge >= 0.3 is 0 Å². The SMILES string of the molecule is CC(N)CN1CCC(C(C)(C)C)CC1. The molecule has 0 aromatic carbocycles. The molecule has 14 heavy (non-hydrogen) atoms. The van der Waals surface area contributed by atoms with Crippen molar-refractivity contribution in [2.24, 2.45) is 17.1 Å². The van der Waals surface area contributed by atoms with E-state index in [1.807, 2.05) is 0 Å². The van der Waals surface area contributed by atoms with Crippen molar-refractivity contribution < 1.29 is 0 Å². The van der Waals surface area contributed by atoms with Crippen LogP contribution < -0.4 is 5.73 Å². The van der Waals surface area contributed by atoms with E-state index in [0.29, 0.717) is 11.5 Å². The van der Waals surface area contributed by atoms with Gasteiger partial charge in [0.1, 0.15) is 0 Å². The van der Waals surface area contributed by atoms with E-state index in [1.54, 1.807) is 0 Å². The Morgan fingerprint density at radius 3 is 2.14 bits per heavy atom. The van der Waals surface area contributed by atoms with Crippen LogP contribution in [0.1, 0.15) is 40.5 Å². The third-order valence-corrected chi connectivity index (χ3v) is 3.36. The van der Waals surface area contributed by atoms with E-state index >= 15 is 0 Å². The smallest absolute Gasteiger partial charge is 0.0139 e. The molecular weight excluding hydrogens is 172 g/mol. The number of nitrogens with two attached hydrogens (primary N) is 1. The summed E-state index contributed by atoms with van der Waals surface area (Å²) >= 11 is 0. The average molecular weight is 198 g/mol. The van der Waals surface area contributed by atoms with Crippen LogP contribution in [-0.2, 0) is 0 Å². The monoisotopic (exact) mass is 198 g/mol. The number of hydrogen-bond donors (Lipinski definition) is 1. The molecular formula is C12H26N2. The second-order valence-corrected chi connectivity index (χ2v) is 5.92. The standard InChI is InChI=1S/C12H26N2/c1-10(13)9-14-7-5-11(6-8-14)12(2,3)4/h10-11H,5-9,13H2,1-4H3. The number of likely N-dealkylation sites (tertiary alicyclic amines) is 1. The van der Waals surface area contributed by atoms with Crippen LogP contribution in [0.2, 0.25) is 0 Å². The zero-order chi connectivity index (χ0) is 10.8. The summed E-state index contributed by atoms with van der Waals surface area (Å²) in [6.45, 7) is 12.7. The Morgan fingerprint density at radius 2 is 1.79 bits per heavy atom. The van der Waals surface area contributed by atoms with Crippen molar-refractivity contribution in [2.75, 3.05) is 19.6 Å². The summed E-state index contributed by atoms with van der Waals surface area (Å²) in [5.41, 5.74) is 6.29. The fourth-order valence-electron chi connectivity index (χ4n) is 2.39. The van der Waals surface area contributed by atoms with Gasteiger partial charge in [-0.25, -0.2) is 0 Å². The van der Waals surface area contributed by atoms with Crippen LogP contribution in [0, 0.1) is 11.3 Å². The average Bonchev–Trinajstić information content (AvgIpc) is 2.02. The molecule has 0 saturated carbocycles. The summed E-state index contributed by atoms with van der Waals surface area (Å²) in [5, 5.41) is 0. The lowest BCUT2D eigenvalue weighted by atomic mass is 9.75. The first kappa shape index (κ1) is 12.0. The maximum absolute atomic E-state index is 5.80. The van der Waals surface area contributed by atoms with Gasteiger partial charge in [-0.2, -0.15) is 0 Å². The molecule has 1 unspecified atom stereocenters. The molecule has 0 spiro atoms. The number of rotatable bonds is 2. The minimum atomic E-state index is 0.321. The normalized spacial score (nSPS) is 23.8. The van der Waals surface area contributed by atoms with E-state index in [1.165, 1.54) is 25.9 Å². The minimum absolute atomic E-state index is 0.321. The van der Waals surface area contributed by atoms with Gasteiger partial charge in [-0.1, -0.05) is 20.8 Å². The Labute approximate surface area is 88.8 Å². The fourth-order valence-corrected chi connectivity index (χ4v) is 2.39. The van der Waals surface area contributed by atoms with Crippen LogP contribution in [0.15, 0.2) is 0 Å². The molecule has 2 nitrogen and oxygen atoms in total. The van der Waals surface area contributed by atoms with E-state index in [-0.39, 0.29) is 0 Å². The van der Waals surface area contributed by atoms with Crippen LogP contribution >= 0.6 is 0 Å². The number of nitrogens with zero attached hydrogens (tertiary/aromatic N) is 1. The van der Waals surface area contributed by atoms with Gasteiger partial charge < -0.3 is 10.6 Å². The van der Waals surface area contributed by atoms with Gasteiger partial charge in [0, 0.05) is 12.6 Å². The maximum Gasteiger partial charge on any atom is 0.0139 e. The lowest BCUT2D eigenvalue weighted by Crippen LogP contribution is -2.42. The third kappa shape index (κ3) is 3.58. The van der Waals surface area contributed by atoms with Gasteiger partial charge in [0.25, 0.3) is 0 Å². The first-order valence-electron chi connectivity index (χ1n) is 5.87. The molecule has 0 amide bonds. The predicted octanol–water partition coefficient (Wildman–Crippen LogP) is 2.09. The second-order valence-electron chi connectivity index (χ2n) is 5.92.